The Hall–Kier alpha value is -1.38. The summed E-state index contributed by atoms with van der Waals surface area (Å²) in [5.74, 6) is 0. The lowest BCUT2D eigenvalue weighted by Crippen LogP contribution is -2.29. The summed E-state index contributed by atoms with van der Waals surface area (Å²) in [7, 11) is 0. The largest absolute Gasteiger partial charge is 0.385 e. The van der Waals surface area contributed by atoms with Crippen molar-refractivity contribution in [3.8, 4) is 0 Å². The van der Waals surface area contributed by atoms with E-state index in [2.05, 4.69) is 54.3 Å². The van der Waals surface area contributed by atoms with E-state index in [0.717, 1.165) is 44.5 Å². The molecule has 0 radical (unpaired) electrons. The fourth-order valence-corrected chi connectivity index (χ4v) is 3.62. The Labute approximate surface area is 127 Å². The van der Waals surface area contributed by atoms with Crippen molar-refractivity contribution in [2.45, 2.75) is 38.2 Å². The Morgan fingerprint density at radius 3 is 2.71 bits per heavy atom. The molecule has 112 valence electrons. The number of aliphatic hydroxyl groups is 1. The van der Waals surface area contributed by atoms with Crippen LogP contribution in [0, 0.1) is 0 Å². The SMILES string of the molecule is CCCN1CCCC(O)(c2cccc3ccccc23)CC1. The van der Waals surface area contributed by atoms with Gasteiger partial charge in [-0.3, -0.25) is 0 Å². The van der Waals surface area contributed by atoms with Gasteiger partial charge in [0, 0.05) is 6.54 Å². The van der Waals surface area contributed by atoms with E-state index in [9.17, 15) is 5.11 Å². The first-order chi connectivity index (χ1) is 10.2. The number of hydrogen-bond donors (Lipinski definition) is 1. The van der Waals surface area contributed by atoms with Crippen molar-refractivity contribution in [1.82, 2.24) is 4.90 Å². The van der Waals surface area contributed by atoms with Crippen LogP contribution < -0.4 is 0 Å². The average molecular weight is 283 g/mol. The minimum absolute atomic E-state index is 0.677. The Kier molecular flexibility index (Phi) is 4.27. The van der Waals surface area contributed by atoms with Crippen molar-refractivity contribution in [2.24, 2.45) is 0 Å². The highest BCUT2D eigenvalue weighted by Crippen LogP contribution is 2.36. The molecule has 1 fully saturated rings. The third-order valence-electron chi connectivity index (χ3n) is 4.74. The summed E-state index contributed by atoms with van der Waals surface area (Å²) in [6.07, 6.45) is 3.95. The molecule has 0 spiro atoms. The van der Waals surface area contributed by atoms with Gasteiger partial charge in [-0.05, 0) is 55.1 Å². The molecule has 1 aliphatic rings. The molecule has 1 N–H and O–H groups in total. The fourth-order valence-electron chi connectivity index (χ4n) is 3.62. The van der Waals surface area contributed by atoms with Crippen molar-refractivity contribution >= 4 is 10.8 Å². The second-order valence-corrected chi connectivity index (χ2v) is 6.25. The predicted molar refractivity (Wildman–Crippen MR) is 88.4 cm³/mol. The second kappa shape index (κ2) is 6.17. The molecule has 1 atom stereocenters. The molecule has 2 aromatic carbocycles. The summed E-state index contributed by atoms with van der Waals surface area (Å²) < 4.78 is 0. The van der Waals surface area contributed by atoms with Gasteiger partial charge in [-0.25, -0.2) is 0 Å². The zero-order chi connectivity index (χ0) is 14.7. The van der Waals surface area contributed by atoms with Crippen LogP contribution in [0.4, 0.5) is 0 Å². The van der Waals surface area contributed by atoms with E-state index in [4.69, 9.17) is 0 Å². The minimum atomic E-state index is -0.677. The van der Waals surface area contributed by atoms with Gasteiger partial charge in [0.25, 0.3) is 0 Å². The van der Waals surface area contributed by atoms with Gasteiger partial charge < -0.3 is 10.0 Å². The lowest BCUT2D eigenvalue weighted by Gasteiger charge is -2.29. The lowest BCUT2D eigenvalue weighted by atomic mass is 9.84. The van der Waals surface area contributed by atoms with Crippen molar-refractivity contribution in [3.63, 3.8) is 0 Å². The van der Waals surface area contributed by atoms with E-state index < -0.39 is 5.60 Å². The highest BCUT2D eigenvalue weighted by Gasteiger charge is 2.32. The van der Waals surface area contributed by atoms with Crippen LogP contribution in [0.15, 0.2) is 42.5 Å². The first-order valence-corrected chi connectivity index (χ1v) is 8.16. The smallest absolute Gasteiger partial charge is 0.0915 e. The molecule has 2 aromatic rings. The number of fused-ring (bicyclic) bond motifs is 1. The van der Waals surface area contributed by atoms with E-state index in [1.807, 2.05) is 0 Å². The van der Waals surface area contributed by atoms with Crippen LogP contribution in [-0.4, -0.2) is 29.6 Å². The summed E-state index contributed by atoms with van der Waals surface area (Å²) in [6, 6.07) is 14.7. The van der Waals surface area contributed by atoms with Crippen molar-refractivity contribution in [3.05, 3.63) is 48.0 Å². The molecule has 0 aliphatic carbocycles. The Morgan fingerprint density at radius 1 is 1.05 bits per heavy atom. The third kappa shape index (κ3) is 2.97. The minimum Gasteiger partial charge on any atom is -0.385 e. The normalized spacial score (nSPS) is 24.1. The summed E-state index contributed by atoms with van der Waals surface area (Å²) in [4.78, 5) is 2.49. The van der Waals surface area contributed by atoms with Crippen molar-refractivity contribution < 1.29 is 5.11 Å². The molecule has 3 rings (SSSR count). The maximum Gasteiger partial charge on any atom is 0.0915 e. The predicted octanol–water partition coefficient (Wildman–Crippen LogP) is 3.92. The number of benzene rings is 2. The van der Waals surface area contributed by atoms with E-state index in [0.29, 0.717) is 0 Å². The van der Waals surface area contributed by atoms with E-state index in [-0.39, 0.29) is 0 Å². The Morgan fingerprint density at radius 2 is 1.86 bits per heavy atom. The van der Waals surface area contributed by atoms with Crippen molar-refractivity contribution in [1.29, 1.82) is 0 Å². The van der Waals surface area contributed by atoms with Gasteiger partial charge in [0.2, 0.25) is 0 Å². The van der Waals surface area contributed by atoms with Crippen LogP contribution in [0.1, 0.15) is 38.2 Å². The van der Waals surface area contributed by atoms with E-state index in [1.54, 1.807) is 0 Å². The highest BCUT2D eigenvalue weighted by molar-refractivity contribution is 5.86. The quantitative estimate of drug-likeness (QED) is 0.922. The van der Waals surface area contributed by atoms with Gasteiger partial charge in [-0.15, -0.1) is 0 Å². The van der Waals surface area contributed by atoms with Crippen LogP contribution in [-0.2, 0) is 5.60 Å². The summed E-state index contributed by atoms with van der Waals surface area (Å²) in [5.41, 5.74) is 0.433. The molecule has 1 aliphatic heterocycles. The Bertz CT molecular complexity index is 604. The number of rotatable bonds is 3. The number of hydrogen-bond acceptors (Lipinski definition) is 2. The molecule has 1 saturated heterocycles. The van der Waals surface area contributed by atoms with Crippen LogP contribution in [0.5, 0.6) is 0 Å². The molecular formula is C19H25NO. The molecule has 0 aromatic heterocycles. The standard InChI is InChI=1S/C19H25NO/c1-2-13-20-14-6-11-19(21,12-15-20)18-10-5-8-16-7-3-4-9-17(16)18/h3-5,7-10,21H,2,6,11-15H2,1H3. The number of nitrogens with zero attached hydrogens (tertiary/aromatic N) is 1. The lowest BCUT2D eigenvalue weighted by molar-refractivity contribution is 0.0227. The highest BCUT2D eigenvalue weighted by atomic mass is 16.3. The number of likely N-dealkylation sites (tertiary alicyclic amines) is 1. The summed E-state index contributed by atoms with van der Waals surface area (Å²) in [6.45, 7) is 5.47. The van der Waals surface area contributed by atoms with Gasteiger partial charge in [0.15, 0.2) is 0 Å². The molecule has 2 heteroatoms. The zero-order valence-electron chi connectivity index (χ0n) is 12.9. The molecule has 0 saturated carbocycles. The van der Waals surface area contributed by atoms with Gasteiger partial charge in [-0.2, -0.15) is 0 Å². The molecular weight excluding hydrogens is 258 g/mol. The van der Waals surface area contributed by atoms with Gasteiger partial charge in [0.05, 0.1) is 5.60 Å². The summed E-state index contributed by atoms with van der Waals surface area (Å²) in [5, 5.41) is 13.7. The Balaban J connectivity index is 1.93. The first-order valence-electron chi connectivity index (χ1n) is 8.16. The zero-order valence-corrected chi connectivity index (χ0v) is 12.9. The average Bonchev–Trinajstić information content (AvgIpc) is 2.70. The van der Waals surface area contributed by atoms with Gasteiger partial charge in [-0.1, -0.05) is 49.4 Å². The van der Waals surface area contributed by atoms with E-state index >= 15 is 0 Å². The first kappa shape index (κ1) is 14.6. The molecule has 0 amide bonds. The molecule has 0 bridgehead atoms. The van der Waals surface area contributed by atoms with Crippen molar-refractivity contribution in [2.75, 3.05) is 19.6 Å². The summed E-state index contributed by atoms with van der Waals surface area (Å²) >= 11 is 0. The van der Waals surface area contributed by atoms with Crippen LogP contribution in [0.2, 0.25) is 0 Å². The maximum atomic E-state index is 11.3. The molecule has 2 nitrogen and oxygen atoms in total. The van der Waals surface area contributed by atoms with Gasteiger partial charge in [0.1, 0.15) is 0 Å². The molecule has 1 unspecified atom stereocenters. The molecule has 1 heterocycles. The third-order valence-corrected chi connectivity index (χ3v) is 4.74. The molecule has 21 heavy (non-hydrogen) atoms. The van der Waals surface area contributed by atoms with Crippen LogP contribution >= 0.6 is 0 Å². The second-order valence-electron chi connectivity index (χ2n) is 6.25. The maximum absolute atomic E-state index is 11.3. The van der Waals surface area contributed by atoms with E-state index in [1.165, 1.54) is 17.2 Å². The monoisotopic (exact) mass is 283 g/mol. The van der Waals surface area contributed by atoms with Gasteiger partial charge >= 0.3 is 0 Å². The van der Waals surface area contributed by atoms with Crippen LogP contribution in [0.25, 0.3) is 10.8 Å². The van der Waals surface area contributed by atoms with Crippen LogP contribution in [0.3, 0.4) is 0 Å². The topological polar surface area (TPSA) is 23.5 Å². The fraction of sp³-hybridized carbons (Fsp3) is 0.474.